The molecule has 0 unspecified atom stereocenters. The third-order valence-electron chi connectivity index (χ3n) is 4.35. The van der Waals surface area contributed by atoms with Crippen LogP contribution < -0.4 is 10.2 Å². The molecule has 6 nitrogen and oxygen atoms in total. The lowest BCUT2D eigenvalue weighted by Crippen LogP contribution is -2.33. The van der Waals surface area contributed by atoms with E-state index in [4.69, 9.17) is 27.9 Å². The Kier molecular flexibility index (Phi) is 8.69. The minimum atomic E-state index is -0.575. The lowest BCUT2D eigenvalue weighted by atomic mass is 10.2. The van der Waals surface area contributed by atoms with Crippen LogP contribution in [0, 0.1) is 5.82 Å². The first-order valence-electron chi connectivity index (χ1n) is 9.63. The van der Waals surface area contributed by atoms with Gasteiger partial charge in [0.2, 0.25) is 5.91 Å². The van der Waals surface area contributed by atoms with E-state index >= 15 is 0 Å². The average Bonchev–Trinajstić information content (AvgIpc) is 3.07. The van der Waals surface area contributed by atoms with Gasteiger partial charge in [-0.05, 0) is 42.3 Å². The number of hydrogen-bond acceptors (Lipinski definition) is 5. The van der Waals surface area contributed by atoms with Crippen molar-refractivity contribution >= 4 is 63.7 Å². The normalized spacial score (nSPS) is 14.8. The largest absolute Gasteiger partial charge is 0.385 e. The maximum Gasteiger partial charge on any atom is 0.283 e. The molecule has 0 spiro atoms. The molecule has 32 heavy (non-hydrogen) atoms. The van der Waals surface area contributed by atoms with Crippen molar-refractivity contribution in [1.82, 2.24) is 5.32 Å². The number of carbonyl (C=O) groups excluding carboxylic acids is 2. The molecule has 10 heteroatoms. The van der Waals surface area contributed by atoms with E-state index in [0.29, 0.717) is 35.2 Å². The molecule has 1 aliphatic heterocycles. The van der Waals surface area contributed by atoms with Crippen LogP contribution in [-0.2, 0) is 14.3 Å². The molecule has 0 aromatic heterocycles. The van der Waals surface area contributed by atoms with Gasteiger partial charge in [-0.2, -0.15) is 0 Å². The van der Waals surface area contributed by atoms with Gasteiger partial charge in [-0.3, -0.25) is 14.5 Å². The molecule has 0 atom stereocenters. The van der Waals surface area contributed by atoms with Crippen LogP contribution in [0.1, 0.15) is 12.0 Å². The molecule has 0 saturated carbocycles. The number of para-hydroxylation sites is 1. The zero-order chi connectivity index (χ0) is 23.1. The lowest BCUT2D eigenvalue weighted by molar-refractivity contribution is -0.118. The Morgan fingerprint density at radius 2 is 2.03 bits per heavy atom. The number of amides is 2. The molecular formula is C22H20Cl2FN3O3S. The number of anilines is 1. The van der Waals surface area contributed by atoms with Crippen LogP contribution in [0.2, 0.25) is 10.0 Å². The number of ether oxygens (including phenoxy) is 1. The van der Waals surface area contributed by atoms with E-state index in [0.717, 1.165) is 11.8 Å². The molecule has 2 aromatic carbocycles. The van der Waals surface area contributed by atoms with Crippen molar-refractivity contribution in [3.05, 3.63) is 69.6 Å². The third-order valence-corrected chi connectivity index (χ3v) is 6.03. The fraction of sp³-hybridized carbons (Fsp3) is 0.227. The molecule has 0 aliphatic carbocycles. The predicted molar refractivity (Wildman–Crippen MR) is 128 cm³/mol. The summed E-state index contributed by atoms with van der Waals surface area (Å²) in [6.07, 6.45) is 2.22. The maximum absolute atomic E-state index is 14.5. The fourth-order valence-electron chi connectivity index (χ4n) is 2.82. The van der Waals surface area contributed by atoms with E-state index in [1.54, 1.807) is 31.4 Å². The highest BCUT2D eigenvalue weighted by Gasteiger charge is 2.33. The number of methoxy groups -OCH3 is 1. The maximum atomic E-state index is 14.5. The molecule has 0 fully saturated rings. The van der Waals surface area contributed by atoms with Crippen LogP contribution >= 0.6 is 35.0 Å². The van der Waals surface area contributed by atoms with Crippen molar-refractivity contribution in [2.45, 2.75) is 6.42 Å². The Balaban J connectivity index is 1.83. The third kappa shape index (κ3) is 6.10. The van der Waals surface area contributed by atoms with Crippen LogP contribution in [0.3, 0.4) is 0 Å². The minimum absolute atomic E-state index is 0.0180. The van der Waals surface area contributed by atoms with E-state index in [1.165, 1.54) is 29.2 Å². The van der Waals surface area contributed by atoms with Gasteiger partial charge in [-0.25, -0.2) is 9.38 Å². The van der Waals surface area contributed by atoms with E-state index in [-0.39, 0.29) is 28.2 Å². The fourth-order valence-corrected chi connectivity index (χ4v) is 3.97. The number of rotatable bonds is 8. The SMILES string of the molecule is COCCCNC(=O)CSC1=N/C(=C\c2ccc(Cl)c(Cl)c2)C(=O)N1c1ccccc1F. The summed E-state index contributed by atoms with van der Waals surface area (Å²) in [5.74, 6) is -1.29. The van der Waals surface area contributed by atoms with Gasteiger partial charge in [0.15, 0.2) is 5.17 Å². The Morgan fingerprint density at radius 1 is 1.25 bits per heavy atom. The van der Waals surface area contributed by atoms with Crippen LogP contribution in [0.5, 0.6) is 0 Å². The van der Waals surface area contributed by atoms with Gasteiger partial charge in [0.05, 0.1) is 21.5 Å². The zero-order valence-corrected chi connectivity index (χ0v) is 19.4. The molecule has 3 rings (SSSR count). The van der Waals surface area contributed by atoms with Crippen molar-refractivity contribution in [3.8, 4) is 0 Å². The number of halogens is 3. The number of amidine groups is 1. The summed E-state index contributed by atoms with van der Waals surface area (Å²) in [7, 11) is 1.59. The molecule has 0 radical (unpaired) electrons. The minimum Gasteiger partial charge on any atom is -0.385 e. The monoisotopic (exact) mass is 495 g/mol. The van der Waals surface area contributed by atoms with E-state index < -0.39 is 11.7 Å². The topological polar surface area (TPSA) is 71.0 Å². The summed E-state index contributed by atoms with van der Waals surface area (Å²) in [6.45, 7) is 1.01. The van der Waals surface area contributed by atoms with Gasteiger partial charge in [-0.15, -0.1) is 0 Å². The first-order chi connectivity index (χ1) is 15.4. The van der Waals surface area contributed by atoms with Gasteiger partial charge in [0.25, 0.3) is 5.91 Å². The number of hydrogen-bond donors (Lipinski definition) is 1. The highest BCUT2D eigenvalue weighted by Crippen LogP contribution is 2.31. The molecule has 168 valence electrons. The van der Waals surface area contributed by atoms with Crippen LogP contribution in [0.25, 0.3) is 6.08 Å². The van der Waals surface area contributed by atoms with Gasteiger partial charge >= 0.3 is 0 Å². The quantitative estimate of drug-likeness (QED) is 0.423. The Hall–Kier alpha value is -2.39. The lowest BCUT2D eigenvalue weighted by Gasteiger charge is -2.18. The molecular weight excluding hydrogens is 476 g/mol. The number of thioether (sulfide) groups is 1. The molecule has 0 bridgehead atoms. The Bertz CT molecular complexity index is 1080. The highest BCUT2D eigenvalue weighted by atomic mass is 35.5. The first-order valence-corrected chi connectivity index (χ1v) is 11.4. The molecule has 2 aromatic rings. The average molecular weight is 496 g/mol. The molecule has 0 saturated heterocycles. The Morgan fingerprint density at radius 3 is 2.75 bits per heavy atom. The number of nitrogens with one attached hydrogen (secondary N) is 1. The van der Waals surface area contributed by atoms with Gasteiger partial charge in [-0.1, -0.05) is 53.2 Å². The molecule has 1 heterocycles. The van der Waals surface area contributed by atoms with Crippen molar-refractivity contribution in [1.29, 1.82) is 0 Å². The van der Waals surface area contributed by atoms with E-state index in [1.807, 2.05) is 0 Å². The van der Waals surface area contributed by atoms with Crippen molar-refractivity contribution in [3.63, 3.8) is 0 Å². The second-order valence-electron chi connectivity index (χ2n) is 6.67. The smallest absolute Gasteiger partial charge is 0.283 e. The summed E-state index contributed by atoms with van der Waals surface area (Å²) in [5.41, 5.74) is 0.763. The van der Waals surface area contributed by atoms with Gasteiger partial charge in [0.1, 0.15) is 11.5 Å². The van der Waals surface area contributed by atoms with Crippen LogP contribution in [-0.4, -0.2) is 43.0 Å². The van der Waals surface area contributed by atoms with Crippen molar-refractivity contribution in [2.75, 3.05) is 30.9 Å². The summed E-state index contributed by atoms with van der Waals surface area (Å²) in [5, 5.41) is 3.69. The molecule has 1 N–H and O–H groups in total. The Labute approximate surface area is 199 Å². The van der Waals surface area contributed by atoms with Crippen LogP contribution in [0.4, 0.5) is 10.1 Å². The molecule has 2 amide bonds. The summed E-state index contributed by atoms with van der Waals surface area (Å²) >= 11 is 13.1. The number of benzene rings is 2. The number of aliphatic imine (C=N–C) groups is 1. The van der Waals surface area contributed by atoms with Crippen molar-refractivity contribution in [2.24, 2.45) is 4.99 Å². The predicted octanol–water partition coefficient (Wildman–Crippen LogP) is 4.76. The second kappa shape index (κ2) is 11.5. The summed E-state index contributed by atoms with van der Waals surface area (Å²) < 4.78 is 19.4. The van der Waals surface area contributed by atoms with E-state index in [2.05, 4.69) is 10.3 Å². The standard InChI is InChI=1S/C22H20Cl2FN3O3S/c1-31-10-4-9-26-20(29)13-32-22-27-18(12-14-7-8-15(23)16(24)11-14)21(30)28(22)19-6-3-2-5-17(19)25/h2-3,5-8,11-12H,4,9-10,13H2,1H3,(H,26,29)/b18-12-. The van der Waals surface area contributed by atoms with E-state index in [9.17, 15) is 14.0 Å². The summed E-state index contributed by atoms with van der Waals surface area (Å²) in [6, 6.07) is 10.8. The van der Waals surface area contributed by atoms with Gasteiger partial charge < -0.3 is 10.1 Å². The van der Waals surface area contributed by atoms with Crippen LogP contribution in [0.15, 0.2) is 53.2 Å². The highest BCUT2D eigenvalue weighted by molar-refractivity contribution is 8.14. The number of nitrogens with zero attached hydrogens (tertiary/aromatic N) is 2. The van der Waals surface area contributed by atoms with Crippen molar-refractivity contribution < 1.29 is 18.7 Å². The zero-order valence-electron chi connectivity index (χ0n) is 17.1. The summed E-state index contributed by atoms with van der Waals surface area (Å²) in [4.78, 5) is 30.8. The van der Waals surface area contributed by atoms with Gasteiger partial charge in [0, 0.05) is 20.3 Å². The second-order valence-corrected chi connectivity index (χ2v) is 8.43. The first kappa shape index (κ1) is 24.3. The molecule has 1 aliphatic rings. The number of carbonyl (C=O) groups is 2.